The second kappa shape index (κ2) is 10.5. The molecule has 0 N–H and O–H groups in total. The topological polar surface area (TPSA) is 38.7 Å². The highest BCUT2D eigenvalue weighted by molar-refractivity contribution is 7.25. The number of benzene rings is 7. The van der Waals surface area contributed by atoms with Gasteiger partial charge in [0.25, 0.3) is 0 Å². The highest BCUT2D eigenvalue weighted by Crippen LogP contribution is 2.38. The molecule has 7 aromatic carbocycles. The molecule has 0 fully saturated rings. The van der Waals surface area contributed by atoms with Crippen LogP contribution in [0.4, 0.5) is 0 Å². The first-order valence-electron chi connectivity index (χ1n) is 15.0. The molecule has 210 valence electrons. The lowest BCUT2D eigenvalue weighted by Gasteiger charge is -2.11. The Labute approximate surface area is 264 Å². The Morgan fingerprint density at radius 3 is 1.78 bits per heavy atom. The van der Waals surface area contributed by atoms with Crippen molar-refractivity contribution in [1.82, 2.24) is 15.0 Å². The summed E-state index contributed by atoms with van der Waals surface area (Å²) >= 11 is 1.85. The minimum absolute atomic E-state index is 0.658. The minimum Gasteiger partial charge on any atom is -0.208 e. The van der Waals surface area contributed by atoms with E-state index in [0.717, 1.165) is 27.5 Å². The van der Waals surface area contributed by atoms with Crippen LogP contribution in [0.25, 0.3) is 87.0 Å². The second-order valence-corrected chi connectivity index (χ2v) is 12.4. The van der Waals surface area contributed by atoms with Gasteiger partial charge >= 0.3 is 0 Å². The fourth-order valence-corrected chi connectivity index (χ4v) is 7.39. The van der Waals surface area contributed by atoms with Crippen LogP contribution in [0.3, 0.4) is 0 Å². The van der Waals surface area contributed by atoms with Gasteiger partial charge in [-0.15, -0.1) is 11.3 Å². The average molecular weight is 592 g/mol. The third-order valence-corrected chi connectivity index (χ3v) is 9.64. The van der Waals surface area contributed by atoms with Crippen molar-refractivity contribution in [1.29, 1.82) is 0 Å². The maximum absolute atomic E-state index is 5.03. The molecule has 0 radical (unpaired) electrons. The fourth-order valence-electron chi connectivity index (χ4n) is 6.25. The monoisotopic (exact) mass is 591 g/mol. The summed E-state index contributed by atoms with van der Waals surface area (Å²) in [4.78, 5) is 15.0. The van der Waals surface area contributed by atoms with E-state index in [1.807, 2.05) is 41.7 Å². The summed E-state index contributed by atoms with van der Waals surface area (Å²) in [5.74, 6) is 1.98. The van der Waals surface area contributed by atoms with Crippen LogP contribution in [0.5, 0.6) is 0 Å². The van der Waals surface area contributed by atoms with Crippen molar-refractivity contribution in [2.45, 2.75) is 0 Å². The predicted octanol–water partition coefficient (Wildman–Crippen LogP) is 11.2. The predicted molar refractivity (Wildman–Crippen MR) is 189 cm³/mol. The number of fused-ring (bicyclic) bond motifs is 5. The molecule has 4 heteroatoms. The van der Waals surface area contributed by atoms with Gasteiger partial charge in [0.2, 0.25) is 0 Å². The molecular formula is C41H25N3S. The van der Waals surface area contributed by atoms with Gasteiger partial charge in [-0.3, -0.25) is 0 Å². The Bertz CT molecular complexity index is 2550. The Balaban J connectivity index is 1.17. The van der Waals surface area contributed by atoms with E-state index in [0.29, 0.717) is 17.5 Å². The molecule has 2 heterocycles. The molecule has 45 heavy (non-hydrogen) atoms. The van der Waals surface area contributed by atoms with Gasteiger partial charge in [0.05, 0.1) is 0 Å². The van der Waals surface area contributed by atoms with Gasteiger partial charge in [-0.1, -0.05) is 127 Å². The van der Waals surface area contributed by atoms with Crippen LogP contribution in [0.15, 0.2) is 152 Å². The van der Waals surface area contributed by atoms with Crippen molar-refractivity contribution in [3.8, 4) is 45.3 Å². The molecule has 0 atom stereocenters. The van der Waals surface area contributed by atoms with Crippen LogP contribution in [0.2, 0.25) is 0 Å². The van der Waals surface area contributed by atoms with E-state index in [9.17, 15) is 0 Å². The van der Waals surface area contributed by atoms with Crippen LogP contribution >= 0.6 is 11.3 Å². The van der Waals surface area contributed by atoms with Crippen molar-refractivity contribution >= 4 is 53.1 Å². The molecule has 2 aromatic heterocycles. The summed E-state index contributed by atoms with van der Waals surface area (Å²) < 4.78 is 2.63. The first-order chi connectivity index (χ1) is 22.3. The summed E-state index contributed by atoms with van der Waals surface area (Å²) in [5, 5.41) is 7.33. The normalized spacial score (nSPS) is 11.6. The Kier molecular flexibility index (Phi) is 6.00. The Morgan fingerprint density at radius 1 is 0.333 bits per heavy atom. The number of rotatable bonds is 4. The Morgan fingerprint density at radius 2 is 0.933 bits per heavy atom. The van der Waals surface area contributed by atoms with E-state index in [4.69, 9.17) is 15.0 Å². The summed E-state index contributed by atoms with van der Waals surface area (Å²) in [6.07, 6.45) is 0. The van der Waals surface area contributed by atoms with Crippen LogP contribution in [-0.4, -0.2) is 15.0 Å². The number of hydrogen-bond donors (Lipinski definition) is 0. The summed E-state index contributed by atoms with van der Waals surface area (Å²) in [5.41, 5.74) is 5.33. The molecule has 0 bridgehead atoms. The van der Waals surface area contributed by atoms with Crippen molar-refractivity contribution in [2.75, 3.05) is 0 Å². The summed E-state index contributed by atoms with van der Waals surface area (Å²) in [7, 11) is 0. The number of aromatic nitrogens is 3. The largest absolute Gasteiger partial charge is 0.208 e. The summed E-state index contributed by atoms with van der Waals surface area (Å²) in [6, 6.07) is 53.4. The quantitative estimate of drug-likeness (QED) is 0.204. The van der Waals surface area contributed by atoms with Crippen molar-refractivity contribution in [3.63, 3.8) is 0 Å². The average Bonchev–Trinajstić information content (AvgIpc) is 3.49. The fraction of sp³-hybridized carbons (Fsp3) is 0. The van der Waals surface area contributed by atoms with E-state index in [1.54, 1.807) is 0 Å². The molecule has 0 unspecified atom stereocenters. The van der Waals surface area contributed by atoms with E-state index >= 15 is 0 Å². The smallest absolute Gasteiger partial charge is 0.164 e. The molecule has 3 nitrogen and oxygen atoms in total. The molecule has 0 spiro atoms. The van der Waals surface area contributed by atoms with Gasteiger partial charge in [-0.05, 0) is 56.9 Å². The molecule has 9 aromatic rings. The molecule has 0 aliphatic carbocycles. The van der Waals surface area contributed by atoms with E-state index in [2.05, 4.69) is 121 Å². The number of nitrogens with zero attached hydrogens (tertiary/aromatic N) is 3. The first kappa shape index (κ1) is 25.8. The van der Waals surface area contributed by atoms with E-state index in [-0.39, 0.29) is 0 Å². The van der Waals surface area contributed by atoms with Gasteiger partial charge in [0, 0.05) is 36.9 Å². The first-order valence-corrected chi connectivity index (χ1v) is 15.8. The maximum atomic E-state index is 5.03. The lowest BCUT2D eigenvalue weighted by Crippen LogP contribution is -2.00. The molecular weight excluding hydrogens is 567 g/mol. The van der Waals surface area contributed by atoms with E-state index < -0.39 is 0 Å². The molecule has 9 rings (SSSR count). The number of hydrogen-bond acceptors (Lipinski definition) is 4. The second-order valence-electron chi connectivity index (χ2n) is 11.3. The molecule has 0 saturated heterocycles. The van der Waals surface area contributed by atoms with Gasteiger partial charge in [-0.2, -0.15) is 0 Å². The van der Waals surface area contributed by atoms with Crippen molar-refractivity contribution < 1.29 is 0 Å². The zero-order valence-corrected chi connectivity index (χ0v) is 25.0. The van der Waals surface area contributed by atoms with Gasteiger partial charge in [-0.25, -0.2) is 15.0 Å². The van der Waals surface area contributed by atoms with Crippen LogP contribution < -0.4 is 0 Å². The summed E-state index contributed by atoms with van der Waals surface area (Å²) in [6.45, 7) is 0. The lowest BCUT2D eigenvalue weighted by atomic mass is 9.96. The van der Waals surface area contributed by atoms with Gasteiger partial charge in [0.15, 0.2) is 17.5 Å². The number of thiophene rings is 1. The zero-order chi connectivity index (χ0) is 29.7. The maximum Gasteiger partial charge on any atom is 0.164 e. The SMILES string of the molecule is c1ccc(-c2nc(-c3ccc4ccccc4c3)nc(-c3ccc4c(-c5ccc6c(c5)sc5ccccc56)cccc4c3)n2)cc1. The third-order valence-electron chi connectivity index (χ3n) is 8.50. The highest BCUT2D eigenvalue weighted by Gasteiger charge is 2.14. The van der Waals surface area contributed by atoms with Crippen molar-refractivity contribution in [2.24, 2.45) is 0 Å². The van der Waals surface area contributed by atoms with Crippen LogP contribution in [0.1, 0.15) is 0 Å². The molecule has 0 aliphatic heterocycles. The van der Waals surface area contributed by atoms with E-state index in [1.165, 1.54) is 42.1 Å². The van der Waals surface area contributed by atoms with Crippen LogP contribution in [-0.2, 0) is 0 Å². The molecule has 0 aliphatic rings. The van der Waals surface area contributed by atoms with Crippen molar-refractivity contribution in [3.05, 3.63) is 152 Å². The van der Waals surface area contributed by atoms with Gasteiger partial charge < -0.3 is 0 Å². The van der Waals surface area contributed by atoms with Gasteiger partial charge in [0.1, 0.15) is 0 Å². The van der Waals surface area contributed by atoms with Crippen LogP contribution in [0, 0.1) is 0 Å². The third kappa shape index (κ3) is 4.55. The zero-order valence-electron chi connectivity index (χ0n) is 24.2. The standard InChI is InChI=1S/C41H25N3S/c1-2-10-27(11-3-1)39-42-40(31-18-17-26-9-4-5-12-28(26)23-31)44-41(43-39)32-20-21-34-29(24-32)13-8-15-33(34)30-19-22-36-35-14-6-7-16-37(35)45-38(36)25-30/h1-25H. The molecule has 0 saturated carbocycles. The minimum atomic E-state index is 0.658. The molecule has 0 amide bonds. The highest BCUT2D eigenvalue weighted by atomic mass is 32.1. The lowest BCUT2D eigenvalue weighted by molar-refractivity contribution is 1.08. The Hall–Kier alpha value is -5.71.